The van der Waals surface area contributed by atoms with E-state index >= 15 is 0 Å². The standard InChI is InChI=1S/C24H26N2O3/c1-16(2)20-6-5-7-21(17(3)4)24(20)26-22(27)15-29-23(28)13-12-18-8-10-19(14-25)11-9-18/h5-13,16-17H,15H2,1-4H3,(H,26,27)/b13-12+. The van der Waals surface area contributed by atoms with Gasteiger partial charge in [0.2, 0.25) is 0 Å². The molecule has 29 heavy (non-hydrogen) atoms. The largest absolute Gasteiger partial charge is 0.452 e. The van der Waals surface area contributed by atoms with Gasteiger partial charge in [0, 0.05) is 11.8 Å². The number of hydrogen-bond donors (Lipinski definition) is 1. The molecule has 0 aromatic heterocycles. The van der Waals surface area contributed by atoms with Crippen LogP contribution in [0.15, 0.2) is 48.5 Å². The van der Waals surface area contributed by atoms with Crippen LogP contribution in [0, 0.1) is 11.3 Å². The van der Waals surface area contributed by atoms with E-state index in [4.69, 9.17) is 10.00 Å². The molecule has 0 bridgehead atoms. The van der Waals surface area contributed by atoms with Crippen LogP contribution >= 0.6 is 0 Å². The highest BCUT2D eigenvalue weighted by molar-refractivity contribution is 5.96. The summed E-state index contributed by atoms with van der Waals surface area (Å²) >= 11 is 0. The lowest BCUT2D eigenvalue weighted by molar-refractivity contribution is -0.142. The molecular formula is C24H26N2O3. The Labute approximate surface area is 172 Å². The summed E-state index contributed by atoms with van der Waals surface area (Å²) in [6, 6.07) is 14.8. The SMILES string of the molecule is CC(C)c1cccc(C(C)C)c1NC(=O)COC(=O)/C=C/c1ccc(C#N)cc1. The molecule has 0 atom stereocenters. The van der Waals surface area contributed by atoms with E-state index in [0.717, 1.165) is 22.4 Å². The lowest BCUT2D eigenvalue weighted by Crippen LogP contribution is -2.22. The number of hydrogen-bond acceptors (Lipinski definition) is 4. The van der Waals surface area contributed by atoms with Crippen LogP contribution in [-0.2, 0) is 14.3 Å². The van der Waals surface area contributed by atoms with E-state index in [9.17, 15) is 9.59 Å². The Hall–Kier alpha value is -3.39. The van der Waals surface area contributed by atoms with Gasteiger partial charge in [-0.15, -0.1) is 0 Å². The third-order valence-corrected chi connectivity index (χ3v) is 4.43. The second-order valence-corrected chi connectivity index (χ2v) is 7.34. The maximum Gasteiger partial charge on any atom is 0.331 e. The number of ether oxygens (including phenoxy) is 1. The number of esters is 1. The molecule has 1 N–H and O–H groups in total. The predicted octanol–water partition coefficient (Wildman–Crippen LogP) is 5.00. The average molecular weight is 390 g/mol. The number of para-hydroxylation sites is 1. The van der Waals surface area contributed by atoms with Gasteiger partial charge < -0.3 is 10.1 Å². The summed E-state index contributed by atoms with van der Waals surface area (Å²) in [4.78, 5) is 24.3. The van der Waals surface area contributed by atoms with Crippen molar-refractivity contribution in [3.8, 4) is 6.07 Å². The summed E-state index contributed by atoms with van der Waals surface area (Å²) in [6.45, 7) is 7.93. The Balaban J connectivity index is 1.98. The number of rotatable bonds is 7. The van der Waals surface area contributed by atoms with Gasteiger partial charge in [-0.05, 0) is 46.7 Å². The number of anilines is 1. The number of nitrogens with one attached hydrogen (secondary N) is 1. The fourth-order valence-corrected chi connectivity index (χ4v) is 2.89. The number of benzene rings is 2. The number of carbonyl (C=O) groups excluding carboxylic acids is 2. The monoisotopic (exact) mass is 390 g/mol. The molecular weight excluding hydrogens is 364 g/mol. The minimum absolute atomic E-state index is 0.252. The summed E-state index contributed by atoms with van der Waals surface area (Å²) in [5.74, 6) is -0.477. The summed E-state index contributed by atoms with van der Waals surface area (Å²) in [5.41, 5.74) is 4.21. The van der Waals surface area contributed by atoms with Crippen LogP contribution in [0.25, 0.3) is 6.08 Å². The van der Waals surface area contributed by atoms with E-state index < -0.39 is 5.97 Å². The average Bonchev–Trinajstić information content (AvgIpc) is 2.70. The van der Waals surface area contributed by atoms with Gasteiger partial charge in [-0.25, -0.2) is 4.79 Å². The molecule has 0 saturated heterocycles. The third kappa shape index (κ3) is 6.32. The van der Waals surface area contributed by atoms with Crippen molar-refractivity contribution in [2.45, 2.75) is 39.5 Å². The van der Waals surface area contributed by atoms with Gasteiger partial charge in [0.05, 0.1) is 11.6 Å². The molecule has 0 fully saturated rings. The first-order valence-electron chi connectivity index (χ1n) is 9.59. The highest BCUT2D eigenvalue weighted by atomic mass is 16.5. The van der Waals surface area contributed by atoms with E-state index in [-0.39, 0.29) is 24.3 Å². The molecule has 0 heterocycles. The molecule has 0 saturated carbocycles. The van der Waals surface area contributed by atoms with Crippen molar-refractivity contribution in [3.05, 3.63) is 70.8 Å². The first-order chi connectivity index (χ1) is 13.8. The Bertz CT molecular complexity index is 909. The molecule has 2 aromatic carbocycles. The molecule has 2 rings (SSSR count). The van der Waals surface area contributed by atoms with E-state index in [1.54, 1.807) is 30.3 Å². The number of nitriles is 1. The van der Waals surface area contributed by atoms with Crippen LogP contribution in [0.4, 0.5) is 5.69 Å². The van der Waals surface area contributed by atoms with Crippen molar-refractivity contribution in [1.82, 2.24) is 0 Å². The Morgan fingerprint density at radius 3 is 2.14 bits per heavy atom. The topological polar surface area (TPSA) is 79.2 Å². The van der Waals surface area contributed by atoms with Gasteiger partial charge >= 0.3 is 5.97 Å². The second kappa shape index (κ2) is 10.2. The summed E-state index contributed by atoms with van der Waals surface area (Å²) in [7, 11) is 0. The van der Waals surface area contributed by atoms with Crippen LogP contribution in [0.5, 0.6) is 0 Å². The van der Waals surface area contributed by atoms with E-state index in [2.05, 4.69) is 33.0 Å². The summed E-state index contributed by atoms with van der Waals surface area (Å²) < 4.78 is 5.05. The number of amides is 1. The van der Waals surface area contributed by atoms with Crippen LogP contribution in [0.2, 0.25) is 0 Å². The first-order valence-corrected chi connectivity index (χ1v) is 9.59. The molecule has 0 aliphatic carbocycles. The molecule has 0 spiro atoms. The van der Waals surface area contributed by atoms with Crippen LogP contribution < -0.4 is 5.32 Å². The maximum atomic E-state index is 12.4. The number of nitrogens with zero attached hydrogens (tertiary/aromatic N) is 1. The Morgan fingerprint density at radius 1 is 1.03 bits per heavy atom. The fourth-order valence-electron chi connectivity index (χ4n) is 2.89. The van der Waals surface area contributed by atoms with Crippen molar-refractivity contribution in [2.75, 3.05) is 11.9 Å². The quantitative estimate of drug-likeness (QED) is 0.533. The third-order valence-electron chi connectivity index (χ3n) is 4.43. The van der Waals surface area contributed by atoms with Gasteiger partial charge in [0.15, 0.2) is 6.61 Å². The first kappa shape index (κ1) is 21.9. The zero-order valence-corrected chi connectivity index (χ0v) is 17.2. The molecule has 5 nitrogen and oxygen atoms in total. The molecule has 5 heteroatoms. The molecule has 0 radical (unpaired) electrons. The molecule has 2 aromatic rings. The lowest BCUT2D eigenvalue weighted by Gasteiger charge is -2.20. The van der Waals surface area contributed by atoms with Crippen LogP contribution in [0.1, 0.15) is 61.8 Å². The van der Waals surface area contributed by atoms with Gasteiger partial charge in [-0.2, -0.15) is 5.26 Å². The smallest absolute Gasteiger partial charge is 0.331 e. The van der Waals surface area contributed by atoms with E-state index in [0.29, 0.717) is 5.56 Å². The van der Waals surface area contributed by atoms with Crippen molar-refractivity contribution >= 4 is 23.6 Å². The molecule has 0 aliphatic rings. The zero-order chi connectivity index (χ0) is 21.4. The van der Waals surface area contributed by atoms with Crippen molar-refractivity contribution in [1.29, 1.82) is 5.26 Å². The molecule has 0 aliphatic heterocycles. The van der Waals surface area contributed by atoms with Gasteiger partial charge in [0.1, 0.15) is 0 Å². The normalized spacial score (nSPS) is 10.9. The second-order valence-electron chi connectivity index (χ2n) is 7.34. The van der Waals surface area contributed by atoms with Gasteiger partial charge in [-0.1, -0.05) is 58.0 Å². The number of carbonyl (C=O) groups is 2. The zero-order valence-electron chi connectivity index (χ0n) is 17.2. The molecule has 150 valence electrons. The minimum Gasteiger partial charge on any atom is -0.452 e. The summed E-state index contributed by atoms with van der Waals surface area (Å²) in [5, 5.41) is 11.7. The van der Waals surface area contributed by atoms with Gasteiger partial charge in [0.25, 0.3) is 5.91 Å². The van der Waals surface area contributed by atoms with Crippen LogP contribution in [-0.4, -0.2) is 18.5 Å². The van der Waals surface area contributed by atoms with Crippen LogP contribution in [0.3, 0.4) is 0 Å². The van der Waals surface area contributed by atoms with Crippen molar-refractivity contribution < 1.29 is 14.3 Å². The van der Waals surface area contributed by atoms with E-state index in [1.807, 2.05) is 24.3 Å². The molecule has 1 amide bonds. The molecule has 0 unspecified atom stereocenters. The Kier molecular flexibility index (Phi) is 7.73. The maximum absolute atomic E-state index is 12.4. The Morgan fingerprint density at radius 2 is 1.62 bits per heavy atom. The lowest BCUT2D eigenvalue weighted by atomic mass is 9.92. The minimum atomic E-state index is -0.606. The fraction of sp³-hybridized carbons (Fsp3) is 0.292. The highest BCUT2D eigenvalue weighted by Crippen LogP contribution is 2.32. The van der Waals surface area contributed by atoms with Crippen molar-refractivity contribution in [3.63, 3.8) is 0 Å². The predicted molar refractivity (Wildman–Crippen MR) is 114 cm³/mol. The summed E-state index contributed by atoms with van der Waals surface area (Å²) in [6.07, 6.45) is 2.84. The van der Waals surface area contributed by atoms with E-state index in [1.165, 1.54) is 6.08 Å². The van der Waals surface area contributed by atoms with Crippen molar-refractivity contribution in [2.24, 2.45) is 0 Å². The van der Waals surface area contributed by atoms with Gasteiger partial charge in [-0.3, -0.25) is 4.79 Å². The highest BCUT2D eigenvalue weighted by Gasteiger charge is 2.16.